The van der Waals surface area contributed by atoms with Crippen molar-refractivity contribution in [3.8, 4) is 11.1 Å². The van der Waals surface area contributed by atoms with Crippen molar-refractivity contribution in [1.29, 1.82) is 0 Å². The summed E-state index contributed by atoms with van der Waals surface area (Å²) < 4.78 is 0. The third-order valence-corrected chi connectivity index (χ3v) is 3.16. The maximum absolute atomic E-state index is 4.76. The van der Waals surface area contributed by atoms with Crippen molar-refractivity contribution in [1.82, 2.24) is 4.98 Å². The lowest BCUT2D eigenvalue weighted by atomic mass is 9.98. The van der Waals surface area contributed by atoms with E-state index in [0.29, 0.717) is 11.8 Å². The molecule has 0 saturated heterocycles. The molecule has 1 heterocycles. The first-order valence-corrected chi connectivity index (χ1v) is 6.65. The standard InChI is InChI=1S/C17H21N/c1-12(2)16-10-15(11-17(18-16)13(3)4)14-8-6-5-7-9-14/h5-13H,1-4H3. The van der Waals surface area contributed by atoms with Crippen LogP contribution in [0.25, 0.3) is 11.1 Å². The van der Waals surface area contributed by atoms with Gasteiger partial charge in [0.05, 0.1) is 0 Å². The van der Waals surface area contributed by atoms with E-state index in [9.17, 15) is 0 Å². The highest BCUT2D eigenvalue weighted by Crippen LogP contribution is 2.26. The predicted molar refractivity (Wildman–Crippen MR) is 77.9 cm³/mol. The fraction of sp³-hybridized carbons (Fsp3) is 0.353. The molecule has 0 N–H and O–H groups in total. The average Bonchev–Trinajstić information content (AvgIpc) is 2.39. The zero-order chi connectivity index (χ0) is 13.1. The molecule has 0 aliphatic rings. The largest absolute Gasteiger partial charge is 0.257 e. The topological polar surface area (TPSA) is 12.9 Å². The van der Waals surface area contributed by atoms with E-state index in [1.54, 1.807) is 0 Å². The Kier molecular flexibility index (Phi) is 3.81. The molecule has 0 saturated carbocycles. The lowest BCUT2D eigenvalue weighted by Gasteiger charge is -2.13. The second kappa shape index (κ2) is 5.34. The van der Waals surface area contributed by atoms with E-state index in [-0.39, 0.29) is 0 Å². The highest BCUT2D eigenvalue weighted by Gasteiger charge is 2.09. The van der Waals surface area contributed by atoms with E-state index >= 15 is 0 Å². The first-order chi connectivity index (χ1) is 8.58. The molecule has 0 aliphatic heterocycles. The summed E-state index contributed by atoms with van der Waals surface area (Å²) in [7, 11) is 0. The molecule has 0 atom stereocenters. The Labute approximate surface area is 110 Å². The van der Waals surface area contributed by atoms with Gasteiger partial charge >= 0.3 is 0 Å². The number of hydrogen-bond acceptors (Lipinski definition) is 1. The summed E-state index contributed by atoms with van der Waals surface area (Å²) in [5.41, 5.74) is 4.90. The molecule has 0 unspecified atom stereocenters. The van der Waals surface area contributed by atoms with Gasteiger partial charge in [-0.3, -0.25) is 4.98 Å². The summed E-state index contributed by atoms with van der Waals surface area (Å²) in [4.78, 5) is 4.76. The second-order valence-electron chi connectivity index (χ2n) is 5.38. The van der Waals surface area contributed by atoms with Crippen LogP contribution in [0.1, 0.15) is 50.9 Å². The summed E-state index contributed by atoms with van der Waals surface area (Å²) in [5.74, 6) is 0.928. The average molecular weight is 239 g/mol. The van der Waals surface area contributed by atoms with Crippen molar-refractivity contribution >= 4 is 0 Å². The van der Waals surface area contributed by atoms with Crippen molar-refractivity contribution in [3.63, 3.8) is 0 Å². The highest BCUT2D eigenvalue weighted by atomic mass is 14.7. The minimum atomic E-state index is 0.464. The summed E-state index contributed by atoms with van der Waals surface area (Å²) in [5, 5.41) is 0. The first-order valence-electron chi connectivity index (χ1n) is 6.65. The SMILES string of the molecule is CC(C)c1cc(-c2ccccc2)cc(C(C)C)n1. The van der Waals surface area contributed by atoms with E-state index in [2.05, 4.69) is 70.2 Å². The minimum Gasteiger partial charge on any atom is -0.257 e. The normalized spacial score (nSPS) is 11.2. The predicted octanol–water partition coefficient (Wildman–Crippen LogP) is 5.00. The van der Waals surface area contributed by atoms with Crippen LogP contribution in [0.5, 0.6) is 0 Å². The molecule has 0 spiro atoms. The van der Waals surface area contributed by atoms with Gasteiger partial charge in [0, 0.05) is 11.4 Å². The van der Waals surface area contributed by atoms with Crippen LogP contribution in [-0.2, 0) is 0 Å². The number of aromatic nitrogens is 1. The zero-order valence-electron chi connectivity index (χ0n) is 11.6. The highest BCUT2D eigenvalue weighted by molar-refractivity contribution is 5.64. The van der Waals surface area contributed by atoms with E-state index in [1.165, 1.54) is 22.5 Å². The molecule has 0 aliphatic carbocycles. The van der Waals surface area contributed by atoms with Crippen LogP contribution in [0.3, 0.4) is 0 Å². The fourth-order valence-electron chi connectivity index (χ4n) is 1.96. The molecule has 18 heavy (non-hydrogen) atoms. The minimum absolute atomic E-state index is 0.464. The molecule has 1 aromatic heterocycles. The summed E-state index contributed by atoms with van der Waals surface area (Å²) in [6.45, 7) is 8.78. The van der Waals surface area contributed by atoms with Crippen LogP contribution < -0.4 is 0 Å². The third kappa shape index (κ3) is 2.79. The maximum Gasteiger partial charge on any atom is 0.0438 e. The molecule has 0 bridgehead atoms. The number of nitrogens with zero attached hydrogens (tertiary/aromatic N) is 1. The molecule has 2 aromatic rings. The summed E-state index contributed by atoms with van der Waals surface area (Å²) in [6, 6.07) is 15.0. The third-order valence-electron chi connectivity index (χ3n) is 3.16. The van der Waals surface area contributed by atoms with E-state index in [0.717, 1.165) is 0 Å². The van der Waals surface area contributed by atoms with Gasteiger partial charge in [-0.1, -0.05) is 58.0 Å². The lowest BCUT2D eigenvalue weighted by molar-refractivity contribution is 0.766. The van der Waals surface area contributed by atoms with Crippen molar-refractivity contribution < 1.29 is 0 Å². The Bertz CT molecular complexity index is 486. The van der Waals surface area contributed by atoms with Gasteiger partial charge in [-0.05, 0) is 35.1 Å². The number of hydrogen-bond donors (Lipinski definition) is 0. The molecule has 1 aromatic carbocycles. The number of benzene rings is 1. The Morgan fingerprint density at radius 2 is 1.22 bits per heavy atom. The van der Waals surface area contributed by atoms with Gasteiger partial charge in [-0.2, -0.15) is 0 Å². The van der Waals surface area contributed by atoms with Crippen LogP contribution in [0.2, 0.25) is 0 Å². The monoisotopic (exact) mass is 239 g/mol. The quantitative estimate of drug-likeness (QED) is 0.735. The summed E-state index contributed by atoms with van der Waals surface area (Å²) >= 11 is 0. The zero-order valence-corrected chi connectivity index (χ0v) is 11.6. The Hall–Kier alpha value is -1.63. The first kappa shape index (κ1) is 12.8. The van der Waals surface area contributed by atoms with Gasteiger partial charge in [-0.15, -0.1) is 0 Å². The molecule has 1 heteroatoms. The van der Waals surface area contributed by atoms with Crippen molar-refractivity contribution in [2.75, 3.05) is 0 Å². The second-order valence-corrected chi connectivity index (χ2v) is 5.38. The Morgan fingerprint density at radius 3 is 1.67 bits per heavy atom. The van der Waals surface area contributed by atoms with Gasteiger partial charge in [0.2, 0.25) is 0 Å². The van der Waals surface area contributed by atoms with E-state index < -0.39 is 0 Å². The van der Waals surface area contributed by atoms with Crippen LogP contribution in [-0.4, -0.2) is 4.98 Å². The van der Waals surface area contributed by atoms with Gasteiger partial charge in [-0.25, -0.2) is 0 Å². The van der Waals surface area contributed by atoms with Gasteiger partial charge in [0.25, 0.3) is 0 Å². The smallest absolute Gasteiger partial charge is 0.0438 e. The van der Waals surface area contributed by atoms with E-state index in [1.807, 2.05) is 0 Å². The van der Waals surface area contributed by atoms with Gasteiger partial charge in [0.1, 0.15) is 0 Å². The number of rotatable bonds is 3. The molecule has 94 valence electrons. The summed E-state index contributed by atoms with van der Waals surface area (Å²) in [6.07, 6.45) is 0. The van der Waals surface area contributed by atoms with Crippen molar-refractivity contribution in [3.05, 3.63) is 53.9 Å². The Balaban J connectivity index is 2.54. The molecular formula is C17H21N. The van der Waals surface area contributed by atoms with Crippen LogP contribution in [0, 0.1) is 0 Å². The van der Waals surface area contributed by atoms with Gasteiger partial charge in [0.15, 0.2) is 0 Å². The lowest BCUT2D eigenvalue weighted by Crippen LogP contribution is -2.00. The van der Waals surface area contributed by atoms with Crippen molar-refractivity contribution in [2.45, 2.75) is 39.5 Å². The molecule has 0 radical (unpaired) electrons. The molecule has 0 fully saturated rings. The van der Waals surface area contributed by atoms with Crippen LogP contribution >= 0.6 is 0 Å². The molecule has 1 nitrogen and oxygen atoms in total. The maximum atomic E-state index is 4.76. The molecule has 0 amide bonds. The van der Waals surface area contributed by atoms with Crippen LogP contribution in [0.15, 0.2) is 42.5 Å². The molecular weight excluding hydrogens is 218 g/mol. The van der Waals surface area contributed by atoms with E-state index in [4.69, 9.17) is 4.98 Å². The molecule has 2 rings (SSSR count). The number of pyridine rings is 1. The Morgan fingerprint density at radius 1 is 0.722 bits per heavy atom. The van der Waals surface area contributed by atoms with Crippen molar-refractivity contribution in [2.24, 2.45) is 0 Å². The van der Waals surface area contributed by atoms with Crippen LogP contribution in [0.4, 0.5) is 0 Å². The van der Waals surface area contributed by atoms with Gasteiger partial charge < -0.3 is 0 Å². The fourth-order valence-corrected chi connectivity index (χ4v) is 1.96.